The molecule has 1 aromatic rings. The fraction of sp³-hybridized carbons (Fsp3) is 0.500. The molecule has 90 valence electrons. The van der Waals surface area contributed by atoms with Crippen LogP contribution in [-0.2, 0) is 11.0 Å². The summed E-state index contributed by atoms with van der Waals surface area (Å²) in [7, 11) is -1.17. The molecular formula is C12H18FNOS. The third-order valence-corrected chi connectivity index (χ3v) is 3.63. The number of hydrogen-bond acceptors (Lipinski definition) is 1. The summed E-state index contributed by atoms with van der Waals surface area (Å²) >= 11 is 0. The Morgan fingerprint density at radius 1 is 1.31 bits per heavy atom. The largest absolute Gasteiger partial charge is 0.249 e. The molecule has 0 bridgehead atoms. The maximum Gasteiger partial charge on any atom is 0.110 e. The number of hydrogen-bond donors (Lipinski definition) is 1. The van der Waals surface area contributed by atoms with E-state index in [0.717, 1.165) is 5.56 Å². The Morgan fingerprint density at radius 2 is 1.94 bits per heavy atom. The van der Waals surface area contributed by atoms with Crippen molar-refractivity contribution in [3.8, 4) is 0 Å². The van der Waals surface area contributed by atoms with Crippen LogP contribution in [0.2, 0.25) is 0 Å². The summed E-state index contributed by atoms with van der Waals surface area (Å²) in [4.78, 5) is 0. The Kier molecular flexibility index (Phi) is 5.63. The zero-order chi connectivity index (χ0) is 12.0. The summed E-state index contributed by atoms with van der Waals surface area (Å²) in [5, 5.41) is 0. The molecule has 0 aromatic heterocycles. The molecule has 2 atom stereocenters. The first kappa shape index (κ1) is 13.3. The van der Waals surface area contributed by atoms with Crippen molar-refractivity contribution in [2.75, 3.05) is 12.4 Å². The third-order valence-electron chi connectivity index (χ3n) is 2.11. The predicted molar refractivity (Wildman–Crippen MR) is 66.1 cm³/mol. The molecule has 0 unspecified atom stereocenters. The van der Waals surface area contributed by atoms with Gasteiger partial charge in [-0.05, 0) is 11.5 Å². The van der Waals surface area contributed by atoms with Gasteiger partial charge < -0.3 is 0 Å². The van der Waals surface area contributed by atoms with Crippen LogP contribution in [0.15, 0.2) is 30.3 Å². The van der Waals surface area contributed by atoms with E-state index in [-0.39, 0.29) is 0 Å². The molecule has 0 heterocycles. The molecule has 2 nitrogen and oxygen atoms in total. The van der Waals surface area contributed by atoms with Crippen LogP contribution in [0.25, 0.3) is 0 Å². The smallest absolute Gasteiger partial charge is 0.110 e. The molecule has 1 rings (SSSR count). The van der Waals surface area contributed by atoms with Gasteiger partial charge in [-0.1, -0.05) is 44.2 Å². The number of halogens is 1. The third kappa shape index (κ3) is 4.41. The van der Waals surface area contributed by atoms with Gasteiger partial charge in [-0.15, -0.1) is 0 Å². The Morgan fingerprint density at radius 3 is 2.44 bits per heavy atom. The van der Waals surface area contributed by atoms with Gasteiger partial charge in [0.05, 0.1) is 17.0 Å². The summed E-state index contributed by atoms with van der Waals surface area (Å²) in [6.45, 7) is 3.44. The van der Waals surface area contributed by atoms with Gasteiger partial charge >= 0.3 is 0 Å². The van der Waals surface area contributed by atoms with E-state index < -0.39 is 23.7 Å². The van der Waals surface area contributed by atoms with Crippen molar-refractivity contribution in [1.82, 2.24) is 4.72 Å². The Hall–Kier alpha value is -0.740. The first-order valence-corrected chi connectivity index (χ1v) is 6.70. The molecule has 1 N–H and O–H groups in total. The highest BCUT2D eigenvalue weighted by atomic mass is 32.2. The van der Waals surface area contributed by atoms with Crippen molar-refractivity contribution in [2.45, 2.75) is 19.9 Å². The monoisotopic (exact) mass is 243 g/mol. The molecule has 0 saturated carbocycles. The van der Waals surface area contributed by atoms with Crippen LogP contribution >= 0.6 is 0 Å². The van der Waals surface area contributed by atoms with Crippen LogP contribution in [0.1, 0.15) is 25.5 Å². The standard InChI is InChI=1S/C12H18FNOS/c1-10(2)9-16(15)14-12(8-13)11-6-4-3-5-7-11/h3-7,10,12,14H,8-9H2,1-2H3/t12-,16+/m1/s1. The first-order valence-electron chi connectivity index (χ1n) is 5.39. The number of nitrogens with one attached hydrogen (secondary N) is 1. The lowest BCUT2D eigenvalue weighted by Gasteiger charge is -2.15. The van der Waals surface area contributed by atoms with Crippen LogP contribution in [0.3, 0.4) is 0 Å². The quantitative estimate of drug-likeness (QED) is 0.817. The minimum Gasteiger partial charge on any atom is -0.249 e. The Labute approximate surface area is 98.8 Å². The fourth-order valence-electron chi connectivity index (χ4n) is 1.38. The van der Waals surface area contributed by atoms with Crippen molar-refractivity contribution in [1.29, 1.82) is 0 Å². The summed E-state index contributed by atoms with van der Waals surface area (Å²) in [6, 6.07) is 8.79. The summed E-state index contributed by atoms with van der Waals surface area (Å²) in [5.74, 6) is 0.882. The van der Waals surface area contributed by atoms with Crippen LogP contribution in [0.4, 0.5) is 4.39 Å². The SMILES string of the molecule is CC(C)C[S@](=O)N[C@H](CF)c1ccccc1. The molecule has 0 fully saturated rings. The molecule has 0 aliphatic rings. The summed E-state index contributed by atoms with van der Waals surface area (Å²) < 4.78 is 27.3. The zero-order valence-electron chi connectivity index (χ0n) is 9.65. The second-order valence-electron chi connectivity index (χ2n) is 4.14. The molecule has 1 aromatic carbocycles. The number of alkyl halides is 1. The highest BCUT2D eigenvalue weighted by molar-refractivity contribution is 7.83. The molecular weight excluding hydrogens is 225 g/mol. The normalized spacial score (nSPS) is 15.0. The second-order valence-corrected chi connectivity index (χ2v) is 5.40. The number of benzene rings is 1. The predicted octanol–water partition coefficient (Wildman–Crippen LogP) is 2.61. The average Bonchev–Trinajstić information content (AvgIpc) is 2.26. The maximum absolute atomic E-state index is 12.8. The highest BCUT2D eigenvalue weighted by Gasteiger charge is 2.14. The average molecular weight is 243 g/mol. The van der Waals surface area contributed by atoms with Gasteiger partial charge in [0.15, 0.2) is 0 Å². The van der Waals surface area contributed by atoms with Crippen molar-refractivity contribution in [3.05, 3.63) is 35.9 Å². The van der Waals surface area contributed by atoms with Gasteiger partial charge in [-0.25, -0.2) is 13.3 Å². The molecule has 0 saturated heterocycles. The highest BCUT2D eigenvalue weighted by Crippen LogP contribution is 2.13. The van der Waals surface area contributed by atoms with Gasteiger partial charge in [0.1, 0.15) is 6.67 Å². The topological polar surface area (TPSA) is 29.1 Å². The van der Waals surface area contributed by atoms with Crippen LogP contribution < -0.4 is 4.72 Å². The maximum atomic E-state index is 12.8. The van der Waals surface area contributed by atoms with Gasteiger partial charge in [0.2, 0.25) is 0 Å². The lowest BCUT2D eigenvalue weighted by Crippen LogP contribution is -2.28. The molecule has 0 spiro atoms. The van der Waals surface area contributed by atoms with E-state index in [4.69, 9.17) is 0 Å². The van der Waals surface area contributed by atoms with E-state index in [1.807, 2.05) is 44.2 Å². The van der Waals surface area contributed by atoms with Crippen molar-refractivity contribution >= 4 is 11.0 Å². The van der Waals surface area contributed by atoms with Gasteiger partial charge in [0.25, 0.3) is 0 Å². The lowest BCUT2D eigenvalue weighted by molar-refractivity contribution is 0.419. The van der Waals surface area contributed by atoms with E-state index in [0.29, 0.717) is 11.7 Å². The fourth-order valence-corrected chi connectivity index (χ4v) is 2.60. The molecule has 4 heteroatoms. The molecule has 0 aliphatic carbocycles. The molecule has 0 amide bonds. The van der Waals surface area contributed by atoms with Gasteiger partial charge in [0, 0.05) is 5.75 Å². The number of rotatable bonds is 6. The Balaban J connectivity index is 2.59. The van der Waals surface area contributed by atoms with Crippen LogP contribution in [0, 0.1) is 5.92 Å². The van der Waals surface area contributed by atoms with E-state index in [1.165, 1.54) is 0 Å². The van der Waals surface area contributed by atoms with Crippen LogP contribution in [0.5, 0.6) is 0 Å². The van der Waals surface area contributed by atoms with E-state index in [1.54, 1.807) is 0 Å². The van der Waals surface area contributed by atoms with Crippen molar-refractivity contribution < 1.29 is 8.60 Å². The zero-order valence-corrected chi connectivity index (χ0v) is 10.5. The van der Waals surface area contributed by atoms with E-state index in [2.05, 4.69) is 4.72 Å². The van der Waals surface area contributed by atoms with E-state index in [9.17, 15) is 8.60 Å². The summed E-state index contributed by atoms with van der Waals surface area (Å²) in [5.41, 5.74) is 0.835. The van der Waals surface area contributed by atoms with Crippen molar-refractivity contribution in [3.63, 3.8) is 0 Å². The minimum absolute atomic E-state index is 0.337. The lowest BCUT2D eigenvalue weighted by atomic mass is 10.1. The molecule has 0 radical (unpaired) electrons. The molecule has 0 aliphatic heterocycles. The van der Waals surface area contributed by atoms with Crippen molar-refractivity contribution in [2.24, 2.45) is 5.92 Å². The van der Waals surface area contributed by atoms with Gasteiger partial charge in [-0.3, -0.25) is 0 Å². The van der Waals surface area contributed by atoms with Crippen LogP contribution in [-0.4, -0.2) is 16.6 Å². The summed E-state index contributed by atoms with van der Waals surface area (Å²) in [6.07, 6.45) is 0. The molecule has 16 heavy (non-hydrogen) atoms. The first-order chi connectivity index (χ1) is 7.63. The Bertz CT molecular complexity index is 329. The second kappa shape index (κ2) is 6.76. The van der Waals surface area contributed by atoms with E-state index >= 15 is 0 Å². The minimum atomic E-state index is -1.17. The van der Waals surface area contributed by atoms with Gasteiger partial charge in [-0.2, -0.15) is 0 Å².